The number of amides is 2. The molecule has 3 aromatic rings. The molecule has 0 bridgehead atoms. The van der Waals surface area contributed by atoms with Gasteiger partial charge in [-0.2, -0.15) is 0 Å². The number of benzene rings is 3. The zero-order valence-corrected chi connectivity index (χ0v) is 26.7. The number of nitrogens with one attached hydrogen (secondary N) is 1. The fraction of sp³-hybridized carbons (Fsp3) is 0.333. The van der Waals surface area contributed by atoms with E-state index >= 15 is 0 Å². The van der Waals surface area contributed by atoms with Crippen molar-refractivity contribution in [3.63, 3.8) is 0 Å². The molecule has 7 nitrogen and oxygen atoms in total. The lowest BCUT2D eigenvalue weighted by molar-refractivity contribution is -0.140. The maximum Gasteiger partial charge on any atom is 0.264 e. The van der Waals surface area contributed by atoms with Gasteiger partial charge >= 0.3 is 0 Å². The highest BCUT2D eigenvalue weighted by atomic mass is 35.5. The van der Waals surface area contributed by atoms with Gasteiger partial charge in [-0.3, -0.25) is 13.9 Å². The first-order valence-electron chi connectivity index (χ1n) is 13.6. The van der Waals surface area contributed by atoms with Crippen LogP contribution in [0, 0.1) is 0 Å². The minimum absolute atomic E-state index is 0.0284. The van der Waals surface area contributed by atoms with Crippen molar-refractivity contribution in [3.05, 3.63) is 92.4 Å². The molecule has 1 aliphatic carbocycles. The molecule has 0 saturated heterocycles. The lowest BCUT2D eigenvalue weighted by atomic mass is 10.1. The van der Waals surface area contributed by atoms with Gasteiger partial charge in [0.25, 0.3) is 10.0 Å². The summed E-state index contributed by atoms with van der Waals surface area (Å²) in [5.74, 6) is -0.923. The van der Waals surface area contributed by atoms with Gasteiger partial charge in [0.05, 0.1) is 10.6 Å². The Labute approximate surface area is 266 Å². The molecule has 224 valence electrons. The van der Waals surface area contributed by atoms with Crippen LogP contribution in [0.15, 0.2) is 71.6 Å². The Morgan fingerprint density at radius 2 is 1.52 bits per heavy atom. The maximum absolute atomic E-state index is 14.2. The van der Waals surface area contributed by atoms with Crippen LogP contribution in [0.3, 0.4) is 0 Å². The second-order valence-electron chi connectivity index (χ2n) is 10.1. The fourth-order valence-electron chi connectivity index (χ4n) is 5.03. The normalized spacial score (nSPS) is 14.4. The quantitative estimate of drug-likeness (QED) is 0.231. The van der Waals surface area contributed by atoms with Gasteiger partial charge in [-0.25, -0.2) is 8.42 Å². The molecule has 0 aliphatic heterocycles. The van der Waals surface area contributed by atoms with Crippen molar-refractivity contribution in [2.24, 2.45) is 0 Å². The summed E-state index contributed by atoms with van der Waals surface area (Å²) in [4.78, 5) is 29.1. The Balaban J connectivity index is 1.75. The zero-order chi connectivity index (χ0) is 30.4. The van der Waals surface area contributed by atoms with Crippen molar-refractivity contribution in [1.82, 2.24) is 10.2 Å². The van der Waals surface area contributed by atoms with E-state index in [9.17, 15) is 18.0 Å². The van der Waals surface area contributed by atoms with Gasteiger partial charge in [0, 0.05) is 38.2 Å². The van der Waals surface area contributed by atoms with Crippen molar-refractivity contribution >= 4 is 73.9 Å². The summed E-state index contributed by atoms with van der Waals surface area (Å²) >= 11 is 25.2. The molecule has 0 unspecified atom stereocenters. The van der Waals surface area contributed by atoms with E-state index in [-0.39, 0.29) is 35.5 Å². The summed E-state index contributed by atoms with van der Waals surface area (Å²) in [7, 11) is -4.26. The number of nitrogens with zero attached hydrogens (tertiary/aromatic N) is 2. The number of halogens is 4. The van der Waals surface area contributed by atoms with E-state index in [1.165, 1.54) is 35.2 Å². The van der Waals surface area contributed by atoms with E-state index in [1.54, 1.807) is 43.3 Å². The third-order valence-electron chi connectivity index (χ3n) is 7.25. The van der Waals surface area contributed by atoms with Gasteiger partial charge in [0.15, 0.2) is 0 Å². The number of carbonyl (C=O) groups is 2. The fourth-order valence-corrected chi connectivity index (χ4v) is 7.27. The molecule has 3 aromatic carbocycles. The molecule has 1 N–H and O–H groups in total. The largest absolute Gasteiger partial charge is 0.352 e. The minimum atomic E-state index is -4.26. The van der Waals surface area contributed by atoms with Gasteiger partial charge in [0.2, 0.25) is 11.8 Å². The third-order valence-corrected chi connectivity index (χ3v) is 10.2. The predicted molar refractivity (Wildman–Crippen MR) is 169 cm³/mol. The SMILES string of the molecule is CC[C@H](C(=O)NC1CCCC1)N(Cc1c(Cl)cccc1Cl)C(=O)CN(c1cccc(Cl)c1)S(=O)(=O)c1ccc(Cl)cc1. The van der Waals surface area contributed by atoms with Crippen LogP contribution in [0.4, 0.5) is 5.69 Å². The van der Waals surface area contributed by atoms with Crippen LogP contribution in [0.5, 0.6) is 0 Å². The summed E-state index contributed by atoms with van der Waals surface area (Å²) in [5, 5.41) is 4.38. The smallest absolute Gasteiger partial charge is 0.264 e. The second-order valence-corrected chi connectivity index (χ2v) is 13.6. The Morgan fingerprint density at radius 3 is 2.12 bits per heavy atom. The van der Waals surface area contributed by atoms with Gasteiger partial charge in [-0.1, -0.05) is 78.3 Å². The van der Waals surface area contributed by atoms with Crippen LogP contribution in [-0.4, -0.2) is 43.8 Å². The molecule has 1 fully saturated rings. The Hall–Kier alpha value is -2.49. The zero-order valence-electron chi connectivity index (χ0n) is 22.9. The van der Waals surface area contributed by atoms with Crippen molar-refractivity contribution in [1.29, 1.82) is 0 Å². The van der Waals surface area contributed by atoms with Gasteiger partial charge in [-0.15, -0.1) is 0 Å². The first kappa shape index (κ1) is 32.4. The van der Waals surface area contributed by atoms with E-state index in [0.717, 1.165) is 30.0 Å². The molecule has 0 aromatic heterocycles. The van der Waals surface area contributed by atoms with Crippen molar-refractivity contribution in [2.75, 3.05) is 10.8 Å². The Morgan fingerprint density at radius 1 is 0.905 bits per heavy atom. The number of rotatable bonds is 11. The molecule has 1 atom stereocenters. The molecule has 0 radical (unpaired) electrons. The van der Waals surface area contributed by atoms with E-state index in [2.05, 4.69) is 5.32 Å². The van der Waals surface area contributed by atoms with E-state index in [4.69, 9.17) is 46.4 Å². The summed E-state index contributed by atoms with van der Waals surface area (Å²) in [6, 6.07) is 16.0. The minimum Gasteiger partial charge on any atom is -0.352 e. The summed E-state index contributed by atoms with van der Waals surface area (Å²) < 4.78 is 28.8. The summed E-state index contributed by atoms with van der Waals surface area (Å²) in [6.07, 6.45) is 4.07. The standard InChI is InChI=1S/C30H31Cl4N3O4S/c1-2-28(30(39)35-22-8-3-4-9-22)36(18-25-26(33)11-6-12-27(25)34)29(38)19-37(23-10-5-7-21(32)17-23)42(40,41)24-15-13-20(31)14-16-24/h5-7,10-17,22,28H,2-4,8-9,18-19H2,1H3,(H,35,39)/t28-/m1/s1. The third kappa shape index (κ3) is 7.71. The predicted octanol–water partition coefficient (Wildman–Crippen LogP) is 7.36. The first-order chi connectivity index (χ1) is 20.0. The number of hydrogen-bond donors (Lipinski definition) is 1. The molecule has 1 aliphatic rings. The van der Waals surface area contributed by atoms with Crippen molar-refractivity contribution < 1.29 is 18.0 Å². The average molecular weight is 671 g/mol. The highest BCUT2D eigenvalue weighted by Crippen LogP contribution is 2.30. The molecular formula is C30H31Cl4N3O4S. The number of hydrogen-bond acceptors (Lipinski definition) is 4. The molecule has 42 heavy (non-hydrogen) atoms. The average Bonchev–Trinajstić information content (AvgIpc) is 3.46. The number of carbonyl (C=O) groups excluding carboxylic acids is 2. The summed E-state index contributed by atoms with van der Waals surface area (Å²) in [5.41, 5.74) is 0.640. The number of sulfonamides is 1. The Bertz CT molecular complexity index is 1510. The van der Waals surface area contributed by atoms with Crippen LogP contribution in [-0.2, 0) is 26.2 Å². The monoisotopic (exact) mass is 669 g/mol. The van der Waals surface area contributed by atoms with E-state index in [0.29, 0.717) is 25.7 Å². The Kier molecular flexibility index (Phi) is 11.1. The van der Waals surface area contributed by atoms with Crippen LogP contribution < -0.4 is 9.62 Å². The van der Waals surface area contributed by atoms with Crippen LogP contribution in [0.1, 0.15) is 44.6 Å². The van der Waals surface area contributed by atoms with Gasteiger partial charge in [0.1, 0.15) is 12.6 Å². The second kappa shape index (κ2) is 14.3. The molecule has 4 rings (SSSR count). The molecular weight excluding hydrogens is 640 g/mol. The van der Waals surface area contributed by atoms with E-state index < -0.39 is 28.5 Å². The summed E-state index contributed by atoms with van der Waals surface area (Å²) in [6.45, 7) is 1.09. The highest BCUT2D eigenvalue weighted by molar-refractivity contribution is 7.92. The van der Waals surface area contributed by atoms with Crippen LogP contribution in [0.25, 0.3) is 0 Å². The molecule has 0 heterocycles. The lowest BCUT2D eigenvalue weighted by Gasteiger charge is -2.34. The molecule has 1 saturated carbocycles. The van der Waals surface area contributed by atoms with Crippen LogP contribution >= 0.6 is 46.4 Å². The van der Waals surface area contributed by atoms with Crippen molar-refractivity contribution in [2.45, 2.75) is 62.6 Å². The van der Waals surface area contributed by atoms with Gasteiger partial charge in [-0.05, 0) is 73.9 Å². The maximum atomic E-state index is 14.2. The highest BCUT2D eigenvalue weighted by Gasteiger charge is 2.35. The molecule has 12 heteroatoms. The molecule has 0 spiro atoms. The van der Waals surface area contributed by atoms with E-state index in [1.807, 2.05) is 0 Å². The van der Waals surface area contributed by atoms with Crippen LogP contribution in [0.2, 0.25) is 20.1 Å². The molecule has 2 amide bonds. The topological polar surface area (TPSA) is 86.8 Å². The first-order valence-corrected chi connectivity index (χ1v) is 16.5. The lowest BCUT2D eigenvalue weighted by Crippen LogP contribution is -2.53. The van der Waals surface area contributed by atoms with Gasteiger partial charge < -0.3 is 10.2 Å². The number of anilines is 1. The van der Waals surface area contributed by atoms with Crippen molar-refractivity contribution in [3.8, 4) is 0 Å².